The molecule has 0 radical (unpaired) electrons. The van der Waals surface area contributed by atoms with Gasteiger partial charge in [-0.25, -0.2) is 0 Å². The standard InChI is InChI=1S/C23H18N2O3/c24-14-18-10-4-6-12-21(18)28-16-23(26)25-19-11-5-7-13-22(19)27-15-20(25)17-8-2-1-3-9-17/h1-13,20H,15-16H2. The highest BCUT2D eigenvalue weighted by atomic mass is 16.5. The minimum absolute atomic E-state index is 0.170. The Morgan fingerprint density at radius 3 is 2.57 bits per heavy atom. The lowest BCUT2D eigenvalue weighted by atomic mass is 10.0. The highest BCUT2D eigenvalue weighted by molar-refractivity contribution is 5.97. The number of carbonyl (C=O) groups is 1. The summed E-state index contributed by atoms with van der Waals surface area (Å²) in [6, 6.07) is 26.0. The summed E-state index contributed by atoms with van der Waals surface area (Å²) in [5.41, 5.74) is 2.10. The molecule has 5 nitrogen and oxygen atoms in total. The molecule has 28 heavy (non-hydrogen) atoms. The Morgan fingerprint density at radius 2 is 1.75 bits per heavy atom. The number of benzene rings is 3. The van der Waals surface area contributed by atoms with Crippen LogP contribution in [0.2, 0.25) is 0 Å². The van der Waals surface area contributed by atoms with Crippen LogP contribution in [-0.4, -0.2) is 19.1 Å². The second-order valence-electron chi connectivity index (χ2n) is 6.37. The molecule has 1 heterocycles. The van der Waals surface area contributed by atoms with Gasteiger partial charge in [0.1, 0.15) is 24.2 Å². The van der Waals surface area contributed by atoms with Crippen molar-refractivity contribution in [1.29, 1.82) is 5.26 Å². The molecule has 1 amide bonds. The molecule has 5 heteroatoms. The summed E-state index contributed by atoms with van der Waals surface area (Å²) in [5, 5.41) is 9.21. The van der Waals surface area contributed by atoms with Gasteiger partial charge in [-0.05, 0) is 29.8 Å². The minimum Gasteiger partial charge on any atom is -0.489 e. The van der Waals surface area contributed by atoms with Gasteiger partial charge in [-0.3, -0.25) is 9.69 Å². The van der Waals surface area contributed by atoms with Gasteiger partial charge in [-0.2, -0.15) is 5.26 Å². The van der Waals surface area contributed by atoms with Crippen molar-refractivity contribution in [1.82, 2.24) is 0 Å². The molecule has 0 saturated carbocycles. The Bertz CT molecular complexity index is 1030. The number of nitriles is 1. The third-order valence-electron chi connectivity index (χ3n) is 4.64. The Labute approximate surface area is 163 Å². The molecule has 1 unspecified atom stereocenters. The molecule has 1 atom stereocenters. The molecule has 0 saturated heterocycles. The van der Waals surface area contributed by atoms with Crippen LogP contribution >= 0.6 is 0 Å². The van der Waals surface area contributed by atoms with Crippen LogP contribution in [0.15, 0.2) is 78.9 Å². The first-order valence-corrected chi connectivity index (χ1v) is 8.98. The molecule has 1 aliphatic rings. The number of fused-ring (bicyclic) bond motifs is 1. The van der Waals surface area contributed by atoms with Crippen molar-refractivity contribution in [2.24, 2.45) is 0 Å². The van der Waals surface area contributed by atoms with E-state index in [0.29, 0.717) is 29.4 Å². The van der Waals surface area contributed by atoms with E-state index in [0.717, 1.165) is 5.56 Å². The molecule has 0 aliphatic carbocycles. The Morgan fingerprint density at radius 1 is 1.04 bits per heavy atom. The van der Waals surface area contributed by atoms with Crippen molar-refractivity contribution in [2.75, 3.05) is 18.1 Å². The van der Waals surface area contributed by atoms with Crippen molar-refractivity contribution >= 4 is 11.6 Å². The molecule has 0 aromatic heterocycles. The average molecular weight is 370 g/mol. The van der Waals surface area contributed by atoms with Crippen molar-refractivity contribution in [2.45, 2.75) is 6.04 Å². The molecule has 0 N–H and O–H groups in total. The quantitative estimate of drug-likeness (QED) is 0.694. The van der Waals surface area contributed by atoms with Crippen LogP contribution in [0.3, 0.4) is 0 Å². The van der Waals surface area contributed by atoms with Gasteiger partial charge in [0, 0.05) is 0 Å². The van der Waals surface area contributed by atoms with Crippen molar-refractivity contribution in [3.63, 3.8) is 0 Å². The Hall–Kier alpha value is -3.78. The molecular weight excluding hydrogens is 352 g/mol. The zero-order valence-corrected chi connectivity index (χ0v) is 15.1. The van der Waals surface area contributed by atoms with E-state index in [1.165, 1.54) is 0 Å². The second kappa shape index (κ2) is 7.85. The maximum Gasteiger partial charge on any atom is 0.265 e. The zero-order valence-electron chi connectivity index (χ0n) is 15.1. The topological polar surface area (TPSA) is 62.6 Å². The van der Waals surface area contributed by atoms with E-state index < -0.39 is 0 Å². The maximum atomic E-state index is 13.2. The van der Waals surface area contributed by atoms with Crippen LogP contribution in [0.25, 0.3) is 0 Å². The maximum absolute atomic E-state index is 13.2. The first kappa shape index (κ1) is 17.6. The smallest absolute Gasteiger partial charge is 0.265 e. The number of anilines is 1. The first-order chi connectivity index (χ1) is 13.8. The molecule has 4 rings (SSSR count). The van der Waals surface area contributed by atoms with Crippen LogP contribution < -0.4 is 14.4 Å². The van der Waals surface area contributed by atoms with E-state index >= 15 is 0 Å². The van der Waals surface area contributed by atoms with E-state index in [9.17, 15) is 10.1 Å². The summed E-state index contributed by atoms with van der Waals surface area (Å²) >= 11 is 0. The van der Waals surface area contributed by atoms with E-state index in [4.69, 9.17) is 9.47 Å². The summed E-state index contributed by atoms with van der Waals surface area (Å²) in [5.74, 6) is 0.869. The van der Waals surface area contributed by atoms with Gasteiger partial charge in [-0.15, -0.1) is 0 Å². The third kappa shape index (κ3) is 3.40. The van der Waals surface area contributed by atoms with Crippen LogP contribution in [0.1, 0.15) is 17.2 Å². The molecule has 0 fully saturated rings. The predicted octanol–water partition coefficient (Wildman–Crippen LogP) is 4.10. The van der Waals surface area contributed by atoms with Gasteiger partial charge < -0.3 is 9.47 Å². The number of ether oxygens (including phenoxy) is 2. The lowest BCUT2D eigenvalue weighted by Gasteiger charge is -2.37. The van der Waals surface area contributed by atoms with Crippen LogP contribution in [0.4, 0.5) is 5.69 Å². The molecule has 0 spiro atoms. The molecule has 138 valence electrons. The van der Waals surface area contributed by atoms with Crippen molar-refractivity contribution in [3.8, 4) is 17.6 Å². The average Bonchev–Trinajstić information content (AvgIpc) is 2.77. The van der Waals surface area contributed by atoms with Crippen LogP contribution in [0, 0.1) is 11.3 Å². The lowest BCUT2D eigenvalue weighted by Crippen LogP contribution is -2.43. The molecule has 0 bridgehead atoms. The Balaban J connectivity index is 1.63. The number of carbonyl (C=O) groups excluding carboxylic acids is 1. The monoisotopic (exact) mass is 370 g/mol. The number of para-hydroxylation sites is 3. The van der Waals surface area contributed by atoms with Crippen molar-refractivity contribution < 1.29 is 14.3 Å². The number of rotatable bonds is 4. The van der Waals surface area contributed by atoms with Gasteiger partial charge in [-0.1, -0.05) is 54.6 Å². The van der Waals surface area contributed by atoms with Crippen molar-refractivity contribution in [3.05, 3.63) is 90.0 Å². The van der Waals surface area contributed by atoms with Crippen LogP contribution in [0.5, 0.6) is 11.5 Å². The minimum atomic E-state index is -0.251. The molecule has 3 aromatic rings. The number of hydrogen-bond acceptors (Lipinski definition) is 4. The molecule has 1 aliphatic heterocycles. The third-order valence-corrected chi connectivity index (χ3v) is 4.64. The second-order valence-corrected chi connectivity index (χ2v) is 6.37. The summed E-state index contributed by atoms with van der Waals surface area (Å²) in [4.78, 5) is 14.9. The highest BCUT2D eigenvalue weighted by Gasteiger charge is 2.33. The normalized spacial score (nSPS) is 15.1. The summed E-state index contributed by atoms with van der Waals surface area (Å²) in [6.45, 7) is 0.192. The SMILES string of the molecule is N#Cc1ccccc1OCC(=O)N1c2ccccc2OCC1c1ccccc1. The van der Waals surface area contributed by atoms with Gasteiger partial charge in [0.05, 0.1) is 17.3 Å². The largest absolute Gasteiger partial charge is 0.489 e. The lowest BCUT2D eigenvalue weighted by molar-refractivity contribution is -0.121. The Kier molecular flexibility index (Phi) is 4.94. The van der Waals surface area contributed by atoms with Gasteiger partial charge in [0.15, 0.2) is 6.61 Å². The van der Waals surface area contributed by atoms with Gasteiger partial charge in [0.25, 0.3) is 5.91 Å². The fraction of sp³-hybridized carbons (Fsp3) is 0.130. The predicted molar refractivity (Wildman–Crippen MR) is 105 cm³/mol. The molecular formula is C23H18N2O3. The van der Waals surface area contributed by atoms with E-state index in [1.807, 2.05) is 54.6 Å². The highest BCUT2D eigenvalue weighted by Crippen LogP contribution is 2.39. The fourth-order valence-electron chi connectivity index (χ4n) is 3.31. The van der Waals surface area contributed by atoms with E-state index in [-0.39, 0.29) is 18.6 Å². The zero-order chi connectivity index (χ0) is 19.3. The van der Waals surface area contributed by atoms with Crippen LogP contribution in [-0.2, 0) is 4.79 Å². The summed E-state index contributed by atoms with van der Waals surface area (Å²) in [6.07, 6.45) is 0. The van der Waals surface area contributed by atoms with E-state index in [1.54, 1.807) is 29.2 Å². The summed E-state index contributed by atoms with van der Waals surface area (Å²) in [7, 11) is 0. The van der Waals surface area contributed by atoms with E-state index in [2.05, 4.69) is 6.07 Å². The summed E-state index contributed by atoms with van der Waals surface area (Å²) < 4.78 is 11.6. The number of nitrogens with zero attached hydrogens (tertiary/aromatic N) is 2. The van der Waals surface area contributed by atoms with Gasteiger partial charge >= 0.3 is 0 Å². The fourth-order valence-corrected chi connectivity index (χ4v) is 3.31. The van der Waals surface area contributed by atoms with Gasteiger partial charge in [0.2, 0.25) is 0 Å². The number of amides is 1. The molecule has 3 aromatic carbocycles. The number of hydrogen-bond donors (Lipinski definition) is 0. The first-order valence-electron chi connectivity index (χ1n) is 8.98.